The second-order valence-electron chi connectivity index (χ2n) is 9.19. The predicted octanol–water partition coefficient (Wildman–Crippen LogP) is 4.55. The van der Waals surface area contributed by atoms with Crippen LogP contribution in [0.1, 0.15) is 50.3 Å². The van der Waals surface area contributed by atoms with Gasteiger partial charge in [-0.3, -0.25) is 13.9 Å². The number of anilines is 1. The minimum atomic E-state index is -3.52. The lowest BCUT2D eigenvalue weighted by Gasteiger charge is -2.30. The molecule has 0 saturated heterocycles. The molecule has 0 fully saturated rings. The van der Waals surface area contributed by atoms with Crippen LogP contribution in [-0.2, 0) is 26.2 Å². The maximum atomic E-state index is 13.3. The fraction of sp³-hybridized carbons (Fsp3) is 0.462. The van der Waals surface area contributed by atoms with Crippen LogP contribution in [0.3, 0.4) is 0 Å². The van der Waals surface area contributed by atoms with E-state index in [9.17, 15) is 18.0 Å². The van der Waals surface area contributed by atoms with E-state index >= 15 is 0 Å². The zero-order chi connectivity index (χ0) is 26.3. The number of aryl methyl sites for hydroxylation is 2. The molecule has 0 aromatic heterocycles. The van der Waals surface area contributed by atoms with E-state index in [2.05, 4.69) is 21.2 Å². The third-order valence-corrected chi connectivity index (χ3v) is 7.52. The van der Waals surface area contributed by atoms with Crippen LogP contribution in [0, 0.1) is 13.8 Å². The van der Waals surface area contributed by atoms with E-state index in [1.165, 1.54) is 10.6 Å². The number of nitrogens with one attached hydrogen (secondary N) is 1. The molecule has 0 aliphatic rings. The molecule has 0 radical (unpaired) electrons. The molecule has 7 nitrogen and oxygen atoms in total. The zero-order valence-electron chi connectivity index (χ0n) is 21.3. The molecule has 1 N–H and O–H groups in total. The molecule has 0 spiro atoms. The average Bonchev–Trinajstić information content (AvgIpc) is 2.76. The molecule has 0 bridgehead atoms. The molecule has 2 aromatic rings. The van der Waals surface area contributed by atoms with Crippen molar-refractivity contribution < 1.29 is 18.0 Å². The third kappa shape index (κ3) is 8.65. The molecule has 2 aromatic carbocycles. The van der Waals surface area contributed by atoms with Gasteiger partial charge in [-0.2, -0.15) is 0 Å². The number of carbonyl (C=O) groups is 2. The standard InChI is InChI=1S/C26H36BrN3O4S/c1-18(2)28-26(32)21(5)29(17-22-10-12-23(27)13-11-22)25(31)8-7-15-30(35(6,33)34)24-14-9-19(3)20(4)16-24/h9-14,16,18,21H,7-8,15,17H2,1-6H3,(H,28,32). The van der Waals surface area contributed by atoms with E-state index < -0.39 is 16.1 Å². The van der Waals surface area contributed by atoms with Gasteiger partial charge in [-0.05, 0) is 82.0 Å². The van der Waals surface area contributed by atoms with E-state index in [1.54, 1.807) is 17.9 Å². The van der Waals surface area contributed by atoms with Gasteiger partial charge >= 0.3 is 0 Å². The highest BCUT2D eigenvalue weighted by molar-refractivity contribution is 9.10. The molecular weight excluding hydrogens is 530 g/mol. The van der Waals surface area contributed by atoms with E-state index in [-0.39, 0.29) is 37.4 Å². The summed E-state index contributed by atoms with van der Waals surface area (Å²) in [7, 11) is -3.52. The number of halogens is 1. The number of amides is 2. The van der Waals surface area contributed by atoms with Crippen molar-refractivity contribution in [2.75, 3.05) is 17.1 Å². The van der Waals surface area contributed by atoms with Crippen LogP contribution in [0.4, 0.5) is 5.69 Å². The number of hydrogen-bond donors (Lipinski definition) is 1. The molecule has 192 valence electrons. The van der Waals surface area contributed by atoms with E-state index in [0.29, 0.717) is 12.1 Å². The van der Waals surface area contributed by atoms with Crippen molar-refractivity contribution in [3.05, 3.63) is 63.6 Å². The predicted molar refractivity (Wildman–Crippen MR) is 145 cm³/mol. The zero-order valence-corrected chi connectivity index (χ0v) is 23.7. The van der Waals surface area contributed by atoms with Crippen molar-refractivity contribution in [1.29, 1.82) is 0 Å². The highest BCUT2D eigenvalue weighted by Gasteiger charge is 2.27. The maximum absolute atomic E-state index is 13.3. The first-order chi connectivity index (χ1) is 16.3. The van der Waals surface area contributed by atoms with Gasteiger partial charge in [-0.15, -0.1) is 0 Å². The average molecular weight is 567 g/mol. The molecule has 0 aliphatic heterocycles. The van der Waals surface area contributed by atoms with Crippen molar-refractivity contribution in [2.24, 2.45) is 0 Å². The van der Waals surface area contributed by atoms with Gasteiger partial charge in [0.1, 0.15) is 6.04 Å². The van der Waals surface area contributed by atoms with Crippen LogP contribution in [0.25, 0.3) is 0 Å². The SMILES string of the molecule is Cc1ccc(N(CCCC(=O)N(Cc2ccc(Br)cc2)C(C)C(=O)NC(C)C)S(C)(=O)=O)cc1C. The lowest BCUT2D eigenvalue weighted by atomic mass is 10.1. The Hall–Kier alpha value is -2.39. The van der Waals surface area contributed by atoms with Crippen molar-refractivity contribution in [3.8, 4) is 0 Å². The number of benzene rings is 2. The molecule has 2 amide bonds. The Kier molecular flexibility index (Phi) is 10.3. The minimum Gasteiger partial charge on any atom is -0.352 e. The summed E-state index contributed by atoms with van der Waals surface area (Å²) in [6.07, 6.45) is 1.61. The second-order valence-corrected chi connectivity index (χ2v) is 12.0. The Balaban J connectivity index is 2.18. The molecule has 1 atom stereocenters. The quantitative estimate of drug-likeness (QED) is 0.433. The molecule has 35 heavy (non-hydrogen) atoms. The number of carbonyl (C=O) groups excluding carboxylic acids is 2. The lowest BCUT2D eigenvalue weighted by Crippen LogP contribution is -2.49. The van der Waals surface area contributed by atoms with Gasteiger partial charge in [-0.25, -0.2) is 8.42 Å². The number of hydrogen-bond acceptors (Lipinski definition) is 4. The highest BCUT2D eigenvalue weighted by atomic mass is 79.9. The first kappa shape index (κ1) is 28.8. The molecular formula is C26H36BrN3O4S. The van der Waals surface area contributed by atoms with Gasteiger partial charge in [0.2, 0.25) is 21.8 Å². The number of sulfonamides is 1. The monoisotopic (exact) mass is 565 g/mol. The van der Waals surface area contributed by atoms with Crippen LogP contribution in [0.2, 0.25) is 0 Å². The summed E-state index contributed by atoms with van der Waals surface area (Å²) in [5, 5.41) is 2.87. The fourth-order valence-corrected chi connectivity index (χ4v) is 4.88. The van der Waals surface area contributed by atoms with Crippen LogP contribution < -0.4 is 9.62 Å². The molecule has 1 unspecified atom stereocenters. The number of rotatable bonds is 11. The van der Waals surface area contributed by atoms with Crippen molar-refractivity contribution in [1.82, 2.24) is 10.2 Å². The Bertz CT molecular complexity index is 1130. The lowest BCUT2D eigenvalue weighted by molar-refractivity contribution is -0.140. The van der Waals surface area contributed by atoms with Gasteiger partial charge < -0.3 is 10.2 Å². The maximum Gasteiger partial charge on any atom is 0.242 e. The summed E-state index contributed by atoms with van der Waals surface area (Å²) in [6, 6.07) is 12.4. The summed E-state index contributed by atoms with van der Waals surface area (Å²) in [4.78, 5) is 27.5. The highest BCUT2D eigenvalue weighted by Crippen LogP contribution is 2.22. The summed E-state index contributed by atoms with van der Waals surface area (Å²) >= 11 is 3.41. The van der Waals surface area contributed by atoms with Crippen LogP contribution in [0.5, 0.6) is 0 Å². The van der Waals surface area contributed by atoms with E-state index in [4.69, 9.17) is 0 Å². The summed E-state index contributed by atoms with van der Waals surface area (Å²) in [6.45, 7) is 9.83. The van der Waals surface area contributed by atoms with Crippen LogP contribution in [-0.4, -0.2) is 50.0 Å². The van der Waals surface area contributed by atoms with E-state index in [1.807, 2.05) is 64.1 Å². The van der Waals surface area contributed by atoms with Crippen molar-refractivity contribution in [3.63, 3.8) is 0 Å². The van der Waals surface area contributed by atoms with Gasteiger partial charge in [-0.1, -0.05) is 34.1 Å². The first-order valence-electron chi connectivity index (χ1n) is 11.7. The first-order valence-corrected chi connectivity index (χ1v) is 14.3. The molecule has 0 aliphatic carbocycles. The normalized spacial score (nSPS) is 12.3. The van der Waals surface area contributed by atoms with Gasteiger partial charge in [0.05, 0.1) is 11.9 Å². The fourth-order valence-electron chi connectivity index (χ4n) is 3.66. The number of nitrogens with zero attached hydrogens (tertiary/aromatic N) is 2. The summed E-state index contributed by atoms with van der Waals surface area (Å²) in [5.74, 6) is -0.425. The minimum absolute atomic E-state index is 0.0455. The Morgan fingerprint density at radius 1 is 1.00 bits per heavy atom. The van der Waals surface area contributed by atoms with E-state index in [0.717, 1.165) is 21.2 Å². The molecule has 0 saturated carbocycles. The second kappa shape index (κ2) is 12.5. The smallest absolute Gasteiger partial charge is 0.242 e. The van der Waals surface area contributed by atoms with Gasteiger partial charge in [0.25, 0.3) is 0 Å². The topological polar surface area (TPSA) is 86.8 Å². The molecule has 2 rings (SSSR count). The largest absolute Gasteiger partial charge is 0.352 e. The van der Waals surface area contributed by atoms with Crippen LogP contribution in [0.15, 0.2) is 46.9 Å². The Morgan fingerprint density at radius 2 is 1.63 bits per heavy atom. The molecule has 9 heteroatoms. The molecule has 0 heterocycles. The summed E-state index contributed by atoms with van der Waals surface area (Å²) < 4.78 is 27.2. The van der Waals surface area contributed by atoms with Crippen molar-refractivity contribution in [2.45, 2.75) is 66.1 Å². The Labute approximate surface area is 218 Å². The van der Waals surface area contributed by atoms with Gasteiger partial charge in [0, 0.05) is 30.0 Å². The Morgan fingerprint density at radius 3 is 2.17 bits per heavy atom. The summed E-state index contributed by atoms with van der Waals surface area (Å²) in [5.41, 5.74) is 3.56. The van der Waals surface area contributed by atoms with Crippen LogP contribution >= 0.6 is 15.9 Å². The van der Waals surface area contributed by atoms with Crippen molar-refractivity contribution >= 4 is 43.5 Å². The third-order valence-electron chi connectivity index (χ3n) is 5.80. The van der Waals surface area contributed by atoms with Gasteiger partial charge in [0.15, 0.2) is 0 Å².